The van der Waals surface area contributed by atoms with E-state index in [0.29, 0.717) is 18.3 Å². The number of esters is 1. The van der Waals surface area contributed by atoms with Crippen molar-refractivity contribution in [3.05, 3.63) is 23.8 Å². The van der Waals surface area contributed by atoms with Gasteiger partial charge in [-0.15, -0.1) is 0 Å². The van der Waals surface area contributed by atoms with Crippen molar-refractivity contribution in [3.8, 4) is 0 Å². The van der Waals surface area contributed by atoms with Gasteiger partial charge in [-0.2, -0.15) is 0 Å². The first-order chi connectivity index (χ1) is 16.9. The fourth-order valence-corrected chi connectivity index (χ4v) is 8.33. The number of aliphatic hydroxyl groups is 1. The van der Waals surface area contributed by atoms with Crippen LogP contribution < -0.4 is 0 Å². The SMILES string of the molecule is C[C@H]1C=CC2=C[C@@H](O[Si](C)(C)C(C)(C)C)C[C@H](O)[C@@H]2[C@H]1CC[C@@H]1C[C@H](C(C)(C)C)C(O[SiH](C)C)C(=O)O1. The summed E-state index contributed by atoms with van der Waals surface area (Å²) in [4.78, 5) is 13.0. The molecule has 212 valence electrons. The summed E-state index contributed by atoms with van der Waals surface area (Å²) in [6.45, 7) is 24.4. The predicted octanol–water partition coefficient (Wildman–Crippen LogP) is 6.63. The number of fused-ring (bicyclic) bond motifs is 1. The zero-order valence-corrected chi connectivity index (χ0v) is 27.5. The van der Waals surface area contributed by atoms with E-state index in [1.165, 1.54) is 5.57 Å². The van der Waals surface area contributed by atoms with Crippen molar-refractivity contribution >= 4 is 23.3 Å². The van der Waals surface area contributed by atoms with Crippen LogP contribution in [0.4, 0.5) is 0 Å². The van der Waals surface area contributed by atoms with E-state index in [1.54, 1.807) is 0 Å². The third kappa shape index (κ3) is 7.27. The smallest absolute Gasteiger partial charge is 0.334 e. The number of hydrogen-bond acceptors (Lipinski definition) is 5. The normalized spacial score (nSPS) is 35.3. The van der Waals surface area contributed by atoms with Crippen molar-refractivity contribution in [3.63, 3.8) is 0 Å². The summed E-state index contributed by atoms with van der Waals surface area (Å²) < 4.78 is 18.8. The lowest BCUT2D eigenvalue weighted by Crippen LogP contribution is -2.50. The Morgan fingerprint density at radius 2 is 1.76 bits per heavy atom. The van der Waals surface area contributed by atoms with Gasteiger partial charge in [-0.3, -0.25) is 0 Å². The van der Waals surface area contributed by atoms with Gasteiger partial charge in [0.1, 0.15) is 12.2 Å². The zero-order chi connectivity index (χ0) is 27.9. The molecule has 0 spiro atoms. The van der Waals surface area contributed by atoms with Gasteiger partial charge in [0.15, 0.2) is 17.4 Å². The standard InChI is InChI=1S/C30H54O5Si2/c1-19-12-13-20-16-22(35-37(10,11)30(5,6)7)18-25(31)26(20)23(19)15-14-21-17-24(29(2,3)4)27(28(32)33-21)34-36(8)9/h12-13,16,19,21-27,31,36H,14-15,17-18H2,1-11H3/t19-,21+,22+,23-,24-,25-,26-,27?/m0/s1. The Morgan fingerprint density at radius 3 is 2.32 bits per heavy atom. The lowest BCUT2D eigenvalue weighted by Gasteiger charge is -2.46. The highest BCUT2D eigenvalue weighted by molar-refractivity contribution is 6.74. The van der Waals surface area contributed by atoms with Crippen molar-refractivity contribution in [2.75, 3.05) is 0 Å². The fraction of sp³-hybridized carbons (Fsp3) is 0.833. The Labute approximate surface area is 229 Å². The molecule has 1 aliphatic heterocycles. The van der Waals surface area contributed by atoms with Crippen LogP contribution >= 0.6 is 0 Å². The quantitative estimate of drug-likeness (QED) is 0.285. The molecule has 37 heavy (non-hydrogen) atoms. The summed E-state index contributed by atoms with van der Waals surface area (Å²) in [5, 5.41) is 11.5. The van der Waals surface area contributed by atoms with Crippen LogP contribution in [0.2, 0.25) is 31.2 Å². The van der Waals surface area contributed by atoms with Gasteiger partial charge in [-0.05, 0) is 73.3 Å². The van der Waals surface area contributed by atoms with Crippen LogP contribution in [0.3, 0.4) is 0 Å². The molecule has 3 rings (SSSR count). The van der Waals surface area contributed by atoms with E-state index in [9.17, 15) is 9.90 Å². The van der Waals surface area contributed by atoms with Crippen LogP contribution in [0.25, 0.3) is 0 Å². The number of rotatable bonds is 7. The number of aliphatic hydroxyl groups excluding tert-OH is 1. The first-order valence-corrected chi connectivity index (χ1v) is 20.2. The fourth-order valence-electron chi connectivity index (χ4n) is 6.17. The van der Waals surface area contributed by atoms with E-state index < -0.39 is 29.6 Å². The highest BCUT2D eigenvalue weighted by Crippen LogP contribution is 2.46. The number of carbonyl (C=O) groups is 1. The molecule has 0 saturated carbocycles. The van der Waals surface area contributed by atoms with Crippen molar-refractivity contribution in [1.29, 1.82) is 0 Å². The second kappa shape index (κ2) is 11.4. The number of cyclic esters (lactones) is 1. The summed E-state index contributed by atoms with van der Waals surface area (Å²) in [7, 11) is -3.29. The van der Waals surface area contributed by atoms with E-state index >= 15 is 0 Å². The van der Waals surface area contributed by atoms with E-state index in [4.69, 9.17) is 13.6 Å². The van der Waals surface area contributed by atoms with Gasteiger partial charge in [-0.25, -0.2) is 4.79 Å². The topological polar surface area (TPSA) is 65.0 Å². The van der Waals surface area contributed by atoms with Crippen molar-refractivity contribution in [2.45, 2.75) is 130 Å². The second-order valence-electron chi connectivity index (χ2n) is 14.7. The molecule has 0 amide bonds. The minimum atomic E-state index is -1.93. The van der Waals surface area contributed by atoms with Gasteiger partial charge < -0.3 is 18.7 Å². The Kier molecular flexibility index (Phi) is 9.49. The van der Waals surface area contributed by atoms with Gasteiger partial charge in [0.2, 0.25) is 0 Å². The monoisotopic (exact) mass is 550 g/mol. The van der Waals surface area contributed by atoms with E-state index in [1.807, 2.05) is 0 Å². The number of allylic oxidation sites excluding steroid dienone is 2. The molecular weight excluding hydrogens is 496 g/mol. The summed E-state index contributed by atoms with van der Waals surface area (Å²) >= 11 is 0. The molecule has 7 heteroatoms. The third-order valence-electron chi connectivity index (χ3n) is 9.38. The molecule has 5 nitrogen and oxygen atoms in total. The van der Waals surface area contributed by atoms with Crippen LogP contribution in [-0.4, -0.2) is 52.8 Å². The summed E-state index contributed by atoms with van der Waals surface area (Å²) in [6, 6.07) is 0. The van der Waals surface area contributed by atoms with Crippen molar-refractivity contribution < 1.29 is 23.5 Å². The molecule has 2 aliphatic carbocycles. The largest absolute Gasteiger partial charge is 0.460 e. The van der Waals surface area contributed by atoms with Crippen molar-refractivity contribution in [2.24, 2.45) is 29.1 Å². The minimum Gasteiger partial charge on any atom is -0.460 e. The summed E-state index contributed by atoms with van der Waals surface area (Å²) in [6.07, 6.45) is 9.05. The molecule has 1 fully saturated rings. The van der Waals surface area contributed by atoms with Gasteiger partial charge >= 0.3 is 5.97 Å². The van der Waals surface area contributed by atoms with Crippen molar-refractivity contribution in [1.82, 2.24) is 0 Å². The molecule has 0 radical (unpaired) electrons. The van der Waals surface area contributed by atoms with Crippen LogP contribution in [0.1, 0.15) is 74.1 Å². The molecule has 1 heterocycles. The third-order valence-corrected chi connectivity index (χ3v) is 14.7. The number of ether oxygens (including phenoxy) is 1. The highest BCUT2D eigenvalue weighted by atomic mass is 28.4. The zero-order valence-electron chi connectivity index (χ0n) is 25.3. The van der Waals surface area contributed by atoms with Crippen LogP contribution in [0.5, 0.6) is 0 Å². The second-order valence-corrected chi connectivity index (χ2v) is 21.9. The van der Waals surface area contributed by atoms with Crippen LogP contribution in [-0.2, 0) is 18.4 Å². The molecule has 1 N–H and O–H groups in total. The van der Waals surface area contributed by atoms with E-state index in [2.05, 4.69) is 92.9 Å². The van der Waals surface area contributed by atoms with Gasteiger partial charge in [0.05, 0.1) is 12.2 Å². The molecule has 8 atom stereocenters. The molecule has 0 aromatic carbocycles. The van der Waals surface area contributed by atoms with E-state index in [0.717, 1.165) is 19.3 Å². The maximum absolute atomic E-state index is 13.0. The van der Waals surface area contributed by atoms with E-state index in [-0.39, 0.29) is 40.5 Å². The maximum Gasteiger partial charge on any atom is 0.334 e. The number of carbonyl (C=O) groups excluding carboxylic acids is 1. The molecule has 0 aromatic rings. The average Bonchev–Trinajstić information content (AvgIpc) is 2.72. The van der Waals surface area contributed by atoms with Gasteiger partial charge in [0, 0.05) is 18.3 Å². The number of hydrogen-bond donors (Lipinski definition) is 1. The lowest BCUT2D eigenvalue weighted by molar-refractivity contribution is -0.176. The average molecular weight is 551 g/mol. The van der Waals surface area contributed by atoms with Crippen LogP contribution in [0.15, 0.2) is 23.8 Å². The maximum atomic E-state index is 13.0. The Balaban J connectivity index is 1.72. The summed E-state index contributed by atoms with van der Waals surface area (Å²) in [5.41, 5.74) is 1.19. The molecule has 1 unspecified atom stereocenters. The highest BCUT2D eigenvalue weighted by Gasteiger charge is 2.47. The Hall–Kier alpha value is -0.736. The molecule has 3 aliphatic rings. The minimum absolute atomic E-state index is 0.0266. The van der Waals surface area contributed by atoms with Gasteiger partial charge in [-0.1, -0.05) is 66.7 Å². The molecule has 1 saturated heterocycles. The lowest BCUT2D eigenvalue weighted by atomic mass is 9.66. The molecule has 0 bridgehead atoms. The first kappa shape index (κ1) is 30.8. The Morgan fingerprint density at radius 1 is 1.11 bits per heavy atom. The molecule has 0 aromatic heterocycles. The first-order valence-electron chi connectivity index (χ1n) is 14.5. The predicted molar refractivity (Wildman–Crippen MR) is 156 cm³/mol. The Bertz CT molecular complexity index is 866. The van der Waals surface area contributed by atoms with Gasteiger partial charge in [0.25, 0.3) is 0 Å². The van der Waals surface area contributed by atoms with Crippen LogP contribution in [0, 0.1) is 29.1 Å². The molecular formula is C30H54O5Si2. The summed E-state index contributed by atoms with van der Waals surface area (Å²) in [5.74, 6) is 0.776.